The number of nitrogens with zero attached hydrogens (tertiary/aromatic N) is 2. The van der Waals surface area contributed by atoms with E-state index in [9.17, 15) is 9.59 Å². The van der Waals surface area contributed by atoms with Crippen LogP contribution in [0, 0.1) is 5.92 Å². The molecule has 1 atom stereocenters. The molecule has 1 saturated heterocycles. The lowest BCUT2D eigenvalue weighted by molar-refractivity contribution is -0.132. The number of carbonyl (C=O) groups excluding carboxylic acids is 2. The monoisotopic (exact) mass is 568 g/mol. The van der Waals surface area contributed by atoms with E-state index < -0.39 is 5.38 Å². The molecule has 1 fully saturated rings. The van der Waals surface area contributed by atoms with Gasteiger partial charge in [-0.1, -0.05) is 95.5 Å². The van der Waals surface area contributed by atoms with Crippen LogP contribution < -0.4 is 0 Å². The molecule has 198 valence electrons. The quantitative estimate of drug-likeness (QED) is 0.260. The van der Waals surface area contributed by atoms with Crippen molar-refractivity contribution in [2.75, 3.05) is 26.2 Å². The molecule has 0 aromatic heterocycles. The first-order valence-corrected chi connectivity index (χ1v) is 14.0. The number of alkyl halides is 1. The molecule has 0 saturated carbocycles. The third-order valence-electron chi connectivity index (χ3n) is 6.82. The average Bonchev–Trinajstić information content (AvgIpc) is 2.94. The number of likely N-dealkylation sites (tertiary alicyclic amines) is 1. The van der Waals surface area contributed by atoms with E-state index in [1.807, 2.05) is 77.4 Å². The topological polar surface area (TPSA) is 40.6 Å². The zero-order valence-electron chi connectivity index (χ0n) is 21.3. The lowest BCUT2D eigenvalue weighted by atomic mass is 9.95. The van der Waals surface area contributed by atoms with Crippen LogP contribution in [0.4, 0.5) is 0 Å². The third kappa shape index (κ3) is 7.41. The van der Waals surface area contributed by atoms with Crippen LogP contribution in [0.15, 0.2) is 84.4 Å². The van der Waals surface area contributed by atoms with Crippen LogP contribution >= 0.6 is 34.8 Å². The van der Waals surface area contributed by atoms with E-state index >= 15 is 0 Å². The van der Waals surface area contributed by atoms with E-state index in [-0.39, 0.29) is 17.7 Å². The van der Waals surface area contributed by atoms with Gasteiger partial charge < -0.3 is 9.80 Å². The van der Waals surface area contributed by atoms with Crippen LogP contribution in [-0.2, 0) is 4.79 Å². The second-order valence-electron chi connectivity index (χ2n) is 9.76. The number of hydrogen-bond donors (Lipinski definition) is 0. The summed E-state index contributed by atoms with van der Waals surface area (Å²) in [6, 6.07) is 24.5. The Morgan fingerprint density at radius 2 is 1.58 bits per heavy atom. The maximum Gasteiger partial charge on any atom is 0.254 e. The molecule has 2 amide bonds. The number of amides is 2. The Labute approximate surface area is 239 Å². The van der Waals surface area contributed by atoms with Crippen molar-refractivity contribution in [3.63, 3.8) is 0 Å². The SMILES string of the molecule is C/C(=C/c1ccccc1)CN(CC1CCN(C(=O)C(Cl)c2ccccc2)CC1)C(=O)c1ccc(Cl)c(Cl)c1. The van der Waals surface area contributed by atoms with Gasteiger partial charge in [0.05, 0.1) is 10.0 Å². The van der Waals surface area contributed by atoms with E-state index in [1.165, 1.54) is 0 Å². The second-order valence-corrected chi connectivity index (χ2v) is 11.0. The van der Waals surface area contributed by atoms with E-state index in [4.69, 9.17) is 34.8 Å². The molecule has 0 aliphatic carbocycles. The summed E-state index contributed by atoms with van der Waals surface area (Å²) in [6.45, 7) is 4.35. The van der Waals surface area contributed by atoms with Gasteiger partial charge in [-0.25, -0.2) is 0 Å². The molecular weight excluding hydrogens is 539 g/mol. The average molecular weight is 570 g/mol. The van der Waals surface area contributed by atoms with Gasteiger partial charge in [-0.15, -0.1) is 11.6 Å². The first-order chi connectivity index (χ1) is 18.3. The fourth-order valence-corrected chi connectivity index (χ4v) is 5.37. The van der Waals surface area contributed by atoms with E-state index in [0.29, 0.717) is 41.8 Å². The minimum atomic E-state index is -0.689. The van der Waals surface area contributed by atoms with Crippen molar-refractivity contribution in [1.29, 1.82) is 0 Å². The van der Waals surface area contributed by atoms with Gasteiger partial charge in [-0.05, 0) is 55.0 Å². The lowest BCUT2D eigenvalue weighted by Crippen LogP contribution is -2.44. The molecule has 4 rings (SSSR count). The van der Waals surface area contributed by atoms with Crippen LogP contribution in [0.1, 0.15) is 46.6 Å². The molecule has 0 radical (unpaired) electrons. The van der Waals surface area contributed by atoms with Gasteiger partial charge in [0.1, 0.15) is 5.38 Å². The van der Waals surface area contributed by atoms with Crippen molar-refractivity contribution in [2.24, 2.45) is 5.92 Å². The molecule has 1 unspecified atom stereocenters. The van der Waals surface area contributed by atoms with E-state index in [0.717, 1.165) is 29.5 Å². The maximum atomic E-state index is 13.6. The first-order valence-electron chi connectivity index (χ1n) is 12.8. The van der Waals surface area contributed by atoms with Crippen molar-refractivity contribution in [2.45, 2.75) is 25.1 Å². The summed E-state index contributed by atoms with van der Waals surface area (Å²) in [5.74, 6) is 0.107. The number of rotatable bonds is 8. The summed E-state index contributed by atoms with van der Waals surface area (Å²) < 4.78 is 0. The Kier molecular flexibility index (Phi) is 9.90. The molecule has 4 nitrogen and oxygen atoms in total. The molecule has 0 N–H and O–H groups in total. The van der Waals surface area contributed by atoms with Gasteiger partial charge >= 0.3 is 0 Å². The normalized spacial score (nSPS) is 15.3. The zero-order valence-corrected chi connectivity index (χ0v) is 23.6. The molecule has 3 aromatic carbocycles. The Balaban J connectivity index is 1.44. The smallest absolute Gasteiger partial charge is 0.254 e. The predicted molar refractivity (Wildman–Crippen MR) is 157 cm³/mol. The standard InChI is InChI=1S/C31H31Cl3N2O2/c1-22(18-23-8-4-2-5-9-23)20-36(30(37)26-12-13-27(32)28(33)19-26)21-24-14-16-35(17-15-24)31(38)29(34)25-10-6-3-7-11-25/h2-13,18-19,24,29H,14-17,20-21H2,1H3/b22-18-. The second kappa shape index (κ2) is 13.3. The zero-order chi connectivity index (χ0) is 27.1. The summed E-state index contributed by atoms with van der Waals surface area (Å²) in [6.07, 6.45) is 3.70. The van der Waals surface area contributed by atoms with Crippen LogP contribution in [0.5, 0.6) is 0 Å². The summed E-state index contributed by atoms with van der Waals surface area (Å²) in [5, 5.41) is 0.0844. The van der Waals surface area contributed by atoms with Crippen molar-refractivity contribution < 1.29 is 9.59 Å². The largest absolute Gasteiger partial charge is 0.341 e. The fraction of sp³-hybridized carbons (Fsp3) is 0.290. The van der Waals surface area contributed by atoms with Crippen LogP contribution in [0.2, 0.25) is 10.0 Å². The first kappa shape index (κ1) is 28.2. The minimum Gasteiger partial charge on any atom is -0.341 e. The van der Waals surface area contributed by atoms with Gasteiger partial charge in [0.25, 0.3) is 5.91 Å². The van der Waals surface area contributed by atoms with Gasteiger partial charge in [0.2, 0.25) is 5.91 Å². The minimum absolute atomic E-state index is 0.0679. The van der Waals surface area contributed by atoms with Crippen molar-refractivity contribution in [3.05, 3.63) is 111 Å². The summed E-state index contributed by atoms with van der Waals surface area (Å²) in [7, 11) is 0. The van der Waals surface area contributed by atoms with Crippen LogP contribution in [-0.4, -0.2) is 47.8 Å². The predicted octanol–water partition coefficient (Wildman–Crippen LogP) is 7.76. The van der Waals surface area contributed by atoms with E-state index in [2.05, 4.69) is 6.08 Å². The molecule has 0 bridgehead atoms. The number of piperidine rings is 1. The molecule has 1 aliphatic rings. The van der Waals surface area contributed by atoms with Gasteiger partial charge in [-0.3, -0.25) is 9.59 Å². The highest BCUT2D eigenvalue weighted by Crippen LogP contribution is 2.28. The molecule has 0 spiro atoms. The number of halogens is 3. The molecule has 3 aromatic rings. The van der Waals surface area contributed by atoms with Crippen molar-refractivity contribution >= 4 is 52.7 Å². The van der Waals surface area contributed by atoms with E-state index in [1.54, 1.807) is 18.2 Å². The lowest BCUT2D eigenvalue weighted by Gasteiger charge is -2.36. The number of carbonyl (C=O) groups is 2. The molecular formula is C31H31Cl3N2O2. The highest BCUT2D eigenvalue weighted by atomic mass is 35.5. The maximum absolute atomic E-state index is 13.6. The third-order valence-corrected chi connectivity index (χ3v) is 8.00. The summed E-state index contributed by atoms with van der Waals surface area (Å²) in [4.78, 5) is 30.3. The summed E-state index contributed by atoms with van der Waals surface area (Å²) >= 11 is 18.8. The molecule has 38 heavy (non-hydrogen) atoms. The number of benzene rings is 3. The van der Waals surface area contributed by atoms with Crippen LogP contribution in [0.25, 0.3) is 6.08 Å². The molecule has 1 aliphatic heterocycles. The van der Waals surface area contributed by atoms with Gasteiger partial charge in [0.15, 0.2) is 0 Å². The van der Waals surface area contributed by atoms with Crippen molar-refractivity contribution in [3.8, 4) is 0 Å². The summed E-state index contributed by atoms with van der Waals surface area (Å²) in [5.41, 5.74) is 3.48. The van der Waals surface area contributed by atoms with Gasteiger partial charge in [0, 0.05) is 31.7 Å². The Hall–Kier alpha value is -2.79. The Morgan fingerprint density at radius 1 is 0.947 bits per heavy atom. The number of hydrogen-bond acceptors (Lipinski definition) is 2. The molecule has 1 heterocycles. The van der Waals surface area contributed by atoms with Crippen molar-refractivity contribution in [1.82, 2.24) is 9.80 Å². The Bertz CT molecular complexity index is 1270. The van der Waals surface area contributed by atoms with Crippen LogP contribution in [0.3, 0.4) is 0 Å². The molecule has 7 heteroatoms. The highest BCUT2D eigenvalue weighted by Gasteiger charge is 2.30. The Morgan fingerprint density at radius 3 is 2.21 bits per heavy atom. The van der Waals surface area contributed by atoms with Gasteiger partial charge in [-0.2, -0.15) is 0 Å². The highest BCUT2D eigenvalue weighted by molar-refractivity contribution is 6.42. The fourth-order valence-electron chi connectivity index (χ4n) is 4.78.